The number of aliphatic hydroxyl groups excluding tert-OH is 1. The molecule has 1 fully saturated rings. The second kappa shape index (κ2) is 5.47. The zero-order chi connectivity index (χ0) is 12.3. The first kappa shape index (κ1) is 12.3. The quantitative estimate of drug-likeness (QED) is 0.816. The zero-order valence-electron chi connectivity index (χ0n) is 9.47. The highest BCUT2D eigenvalue weighted by atomic mass is 35.5. The minimum absolute atomic E-state index is 0.0961. The molecule has 1 aromatic rings. The standard InChI is InChI=1S/C12H15ClN2O2/c13-11-10(4-1-5-14-11)12(17)15-6-2-3-9(7-15)8-16/h1,4-5,9,16H,2-3,6-8H2/t9-/m1/s1. The van der Waals surface area contributed by atoms with Crippen molar-refractivity contribution in [3.05, 3.63) is 29.0 Å². The number of aromatic nitrogens is 1. The number of carbonyl (C=O) groups excluding carboxylic acids is 1. The van der Waals surface area contributed by atoms with Gasteiger partial charge in [0.05, 0.1) is 5.56 Å². The van der Waals surface area contributed by atoms with Crippen LogP contribution in [0.1, 0.15) is 23.2 Å². The van der Waals surface area contributed by atoms with E-state index in [1.165, 1.54) is 0 Å². The van der Waals surface area contributed by atoms with E-state index in [4.69, 9.17) is 16.7 Å². The fourth-order valence-corrected chi connectivity index (χ4v) is 2.31. The van der Waals surface area contributed by atoms with E-state index >= 15 is 0 Å². The summed E-state index contributed by atoms with van der Waals surface area (Å²) in [6.07, 6.45) is 3.46. The van der Waals surface area contributed by atoms with Gasteiger partial charge in [0.25, 0.3) is 5.91 Å². The van der Waals surface area contributed by atoms with Crippen LogP contribution in [0.3, 0.4) is 0 Å². The number of piperidine rings is 1. The Morgan fingerprint density at radius 2 is 2.47 bits per heavy atom. The van der Waals surface area contributed by atoms with Crippen molar-refractivity contribution in [2.24, 2.45) is 5.92 Å². The third kappa shape index (κ3) is 2.76. The zero-order valence-corrected chi connectivity index (χ0v) is 10.2. The van der Waals surface area contributed by atoms with Crippen molar-refractivity contribution in [2.75, 3.05) is 19.7 Å². The molecule has 0 aromatic carbocycles. The largest absolute Gasteiger partial charge is 0.396 e. The number of likely N-dealkylation sites (tertiary alicyclic amines) is 1. The lowest BCUT2D eigenvalue weighted by atomic mass is 9.98. The van der Waals surface area contributed by atoms with Crippen LogP contribution in [0.2, 0.25) is 5.15 Å². The molecule has 1 atom stereocenters. The maximum absolute atomic E-state index is 12.2. The molecule has 0 radical (unpaired) electrons. The van der Waals surface area contributed by atoms with Gasteiger partial charge in [0.15, 0.2) is 0 Å². The molecule has 5 heteroatoms. The number of rotatable bonds is 2. The van der Waals surface area contributed by atoms with Gasteiger partial charge in [-0.3, -0.25) is 4.79 Å². The smallest absolute Gasteiger partial charge is 0.256 e. The molecule has 0 spiro atoms. The minimum atomic E-state index is -0.0961. The van der Waals surface area contributed by atoms with Crippen molar-refractivity contribution in [1.82, 2.24) is 9.88 Å². The summed E-state index contributed by atoms with van der Waals surface area (Å²) in [5.74, 6) is 0.0874. The third-order valence-corrected chi connectivity index (χ3v) is 3.36. The molecule has 0 aliphatic carbocycles. The number of amides is 1. The van der Waals surface area contributed by atoms with Gasteiger partial charge in [-0.15, -0.1) is 0 Å². The summed E-state index contributed by atoms with van der Waals surface area (Å²) >= 11 is 5.90. The van der Waals surface area contributed by atoms with Crippen molar-refractivity contribution in [3.63, 3.8) is 0 Å². The number of nitrogens with zero attached hydrogens (tertiary/aromatic N) is 2. The van der Waals surface area contributed by atoms with Crippen molar-refractivity contribution in [3.8, 4) is 0 Å². The Hall–Kier alpha value is -1.13. The van der Waals surface area contributed by atoms with E-state index in [1.54, 1.807) is 23.2 Å². The van der Waals surface area contributed by atoms with Crippen molar-refractivity contribution < 1.29 is 9.90 Å². The summed E-state index contributed by atoms with van der Waals surface area (Å²) < 4.78 is 0. The molecule has 1 N–H and O–H groups in total. The molecule has 92 valence electrons. The van der Waals surface area contributed by atoms with Crippen LogP contribution in [0.25, 0.3) is 0 Å². The predicted octanol–water partition coefficient (Wildman–Crippen LogP) is 1.58. The molecule has 2 heterocycles. The van der Waals surface area contributed by atoms with E-state index in [1.807, 2.05) is 0 Å². The maximum Gasteiger partial charge on any atom is 0.256 e. The number of hydrogen-bond donors (Lipinski definition) is 1. The normalized spacial score (nSPS) is 20.4. The minimum Gasteiger partial charge on any atom is -0.396 e. The van der Waals surface area contributed by atoms with Gasteiger partial charge in [-0.05, 0) is 30.9 Å². The first-order chi connectivity index (χ1) is 8.22. The number of halogens is 1. The lowest BCUT2D eigenvalue weighted by molar-refractivity contribution is 0.0620. The highest BCUT2D eigenvalue weighted by Gasteiger charge is 2.25. The highest BCUT2D eigenvalue weighted by molar-refractivity contribution is 6.32. The molecular formula is C12H15ClN2O2. The SMILES string of the molecule is O=C(c1cccnc1Cl)N1CCC[C@@H](CO)C1. The molecule has 4 nitrogen and oxygen atoms in total. The Morgan fingerprint density at radius 3 is 3.18 bits per heavy atom. The van der Waals surface area contributed by atoms with Crippen LogP contribution >= 0.6 is 11.6 Å². The van der Waals surface area contributed by atoms with Crippen LogP contribution in [0.15, 0.2) is 18.3 Å². The number of aliphatic hydroxyl groups is 1. The van der Waals surface area contributed by atoms with Gasteiger partial charge in [0, 0.05) is 25.9 Å². The Balaban J connectivity index is 2.12. The molecule has 1 aromatic heterocycles. The van der Waals surface area contributed by atoms with Gasteiger partial charge >= 0.3 is 0 Å². The molecular weight excluding hydrogens is 240 g/mol. The average molecular weight is 255 g/mol. The van der Waals surface area contributed by atoms with E-state index in [9.17, 15) is 4.79 Å². The first-order valence-electron chi connectivity index (χ1n) is 5.73. The van der Waals surface area contributed by atoms with Gasteiger partial charge in [-0.2, -0.15) is 0 Å². The molecule has 0 bridgehead atoms. The van der Waals surface area contributed by atoms with E-state index in [2.05, 4.69) is 4.98 Å². The molecule has 1 saturated heterocycles. The number of pyridine rings is 1. The lowest BCUT2D eigenvalue weighted by Crippen LogP contribution is -2.41. The fraction of sp³-hybridized carbons (Fsp3) is 0.500. The van der Waals surface area contributed by atoms with Crippen LogP contribution in [0.4, 0.5) is 0 Å². The first-order valence-corrected chi connectivity index (χ1v) is 6.11. The Kier molecular flexibility index (Phi) is 3.97. The number of carbonyl (C=O) groups is 1. The Labute approximate surface area is 105 Å². The van der Waals surface area contributed by atoms with Gasteiger partial charge < -0.3 is 10.0 Å². The summed E-state index contributed by atoms with van der Waals surface area (Å²) in [6.45, 7) is 1.45. The predicted molar refractivity (Wildman–Crippen MR) is 65.0 cm³/mol. The van der Waals surface area contributed by atoms with Gasteiger partial charge in [0.2, 0.25) is 0 Å². The summed E-state index contributed by atoms with van der Waals surface area (Å²) in [7, 11) is 0. The molecule has 17 heavy (non-hydrogen) atoms. The molecule has 1 amide bonds. The lowest BCUT2D eigenvalue weighted by Gasteiger charge is -2.31. The maximum atomic E-state index is 12.2. The second-order valence-electron chi connectivity index (χ2n) is 4.28. The molecule has 2 rings (SSSR count). The summed E-state index contributed by atoms with van der Waals surface area (Å²) in [4.78, 5) is 17.8. The summed E-state index contributed by atoms with van der Waals surface area (Å²) in [5.41, 5.74) is 0.438. The van der Waals surface area contributed by atoms with E-state index in [0.717, 1.165) is 19.4 Å². The third-order valence-electron chi connectivity index (χ3n) is 3.05. The van der Waals surface area contributed by atoms with Crippen LogP contribution in [0.5, 0.6) is 0 Å². The van der Waals surface area contributed by atoms with E-state index < -0.39 is 0 Å². The van der Waals surface area contributed by atoms with Crippen molar-refractivity contribution >= 4 is 17.5 Å². The van der Waals surface area contributed by atoms with Gasteiger partial charge in [-0.25, -0.2) is 4.98 Å². The van der Waals surface area contributed by atoms with Crippen molar-refractivity contribution in [1.29, 1.82) is 0 Å². The average Bonchev–Trinajstić information content (AvgIpc) is 2.38. The van der Waals surface area contributed by atoms with Crippen LogP contribution < -0.4 is 0 Å². The van der Waals surface area contributed by atoms with Crippen LogP contribution in [-0.2, 0) is 0 Å². The monoisotopic (exact) mass is 254 g/mol. The molecule has 1 aliphatic heterocycles. The van der Waals surface area contributed by atoms with Crippen molar-refractivity contribution in [2.45, 2.75) is 12.8 Å². The summed E-state index contributed by atoms with van der Waals surface area (Å²) in [5, 5.41) is 9.38. The van der Waals surface area contributed by atoms with E-state index in [-0.39, 0.29) is 23.6 Å². The van der Waals surface area contributed by atoms with Gasteiger partial charge in [0.1, 0.15) is 5.15 Å². The van der Waals surface area contributed by atoms with Crippen LogP contribution in [0, 0.1) is 5.92 Å². The Morgan fingerprint density at radius 1 is 1.65 bits per heavy atom. The summed E-state index contributed by atoms with van der Waals surface area (Å²) in [6, 6.07) is 3.38. The molecule has 1 aliphatic rings. The molecule has 0 saturated carbocycles. The fourth-order valence-electron chi connectivity index (χ4n) is 2.11. The number of hydrogen-bond acceptors (Lipinski definition) is 3. The topological polar surface area (TPSA) is 53.4 Å². The Bertz CT molecular complexity index is 411. The van der Waals surface area contributed by atoms with E-state index in [0.29, 0.717) is 12.1 Å². The van der Waals surface area contributed by atoms with Gasteiger partial charge in [-0.1, -0.05) is 11.6 Å². The second-order valence-corrected chi connectivity index (χ2v) is 4.64. The molecule has 0 unspecified atom stereocenters. The van der Waals surface area contributed by atoms with Crippen LogP contribution in [-0.4, -0.2) is 40.6 Å². The highest BCUT2D eigenvalue weighted by Crippen LogP contribution is 2.20.